The summed E-state index contributed by atoms with van der Waals surface area (Å²) in [5.41, 5.74) is 0.824. The molecule has 0 saturated carbocycles. The largest absolute Gasteiger partial charge is 0.342 e. The van der Waals surface area contributed by atoms with Gasteiger partial charge in [0.05, 0.1) is 5.69 Å². The Kier molecular flexibility index (Phi) is 4.67. The molecule has 2 rings (SSSR count). The summed E-state index contributed by atoms with van der Waals surface area (Å²) in [6, 6.07) is 6.81. The van der Waals surface area contributed by atoms with Crippen LogP contribution in [0.15, 0.2) is 24.3 Å². The van der Waals surface area contributed by atoms with E-state index in [0.717, 1.165) is 9.26 Å². The fourth-order valence-electron chi connectivity index (χ4n) is 2.49. The van der Waals surface area contributed by atoms with Crippen molar-refractivity contribution in [2.75, 3.05) is 4.90 Å². The van der Waals surface area contributed by atoms with E-state index in [-0.39, 0.29) is 17.7 Å². The normalized spacial score (nSPS) is 23.1. The maximum Gasteiger partial charge on any atom is 0.250 e. The quantitative estimate of drug-likeness (QED) is 0.812. The van der Waals surface area contributed by atoms with Crippen molar-refractivity contribution in [3.8, 4) is 0 Å². The van der Waals surface area contributed by atoms with E-state index in [1.165, 1.54) is 0 Å². The van der Waals surface area contributed by atoms with Gasteiger partial charge in [-0.1, -0.05) is 32.9 Å². The van der Waals surface area contributed by atoms with Gasteiger partial charge in [-0.05, 0) is 47.1 Å². The molecule has 0 bridgehead atoms. The van der Waals surface area contributed by atoms with E-state index in [4.69, 9.17) is 0 Å². The zero-order valence-electron chi connectivity index (χ0n) is 11.9. The summed E-state index contributed by atoms with van der Waals surface area (Å²) >= 11 is 2.20. The van der Waals surface area contributed by atoms with Crippen LogP contribution in [0.2, 0.25) is 0 Å². The van der Waals surface area contributed by atoms with Crippen molar-refractivity contribution < 1.29 is 9.59 Å². The number of nitrogens with zero attached hydrogens (tertiary/aromatic N) is 1. The van der Waals surface area contributed by atoms with Crippen LogP contribution in [0.25, 0.3) is 0 Å². The highest BCUT2D eigenvalue weighted by molar-refractivity contribution is 14.1. The molecule has 0 aliphatic carbocycles. The van der Waals surface area contributed by atoms with Crippen molar-refractivity contribution in [2.45, 2.75) is 39.3 Å². The third kappa shape index (κ3) is 2.68. The zero-order chi connectivity index (χ0) is 14.9. The van der Waals surface area contributed by atoms with Gasteiger partial charge in [0.25, 0.3) is 5.91 Å². The predicted octanol–water partition coefficient (Wildman–Crippen LogP) is 2.56. The number of para-hydroxylation sites is 1. The van der Waals surface area contributed by atoms with Gasteiger partial charge in [0.2, 0.25) is 5.91 Å². The predicted molar refractivity (Wildman–Crippen MR) is 87.5 cm³/mol. The number of rotatable bonds is 3. The molecule has 2 unspecified atom stereocenters. The average molecular weight is 386 g/mol. The van der Waals surface area contributed by atoms with Crippen molar-refractivity contribution in [1.29, 1.82) is 0 Å². The van der Waals surface area contributed by atoms with Crippen molar-refractivity contribution in [3.05, 3.63) is 27.8 Å². The monoisotopic (exact) mass is 386 g/mol. The molecule has 5 heteroatoms. The first kappa shape index (κ1) is 15.3. The Morgan fingerprint density at radius 2 is 1.95 bits per heavy atom. The molecule has 2 amide bonds. The molecule has 0 radical (unpaired) electrons. The van der Waals surface area contributed by atoms with Gasteiger partial charge in [0.1, 0.15) is 12.1 Å². The maximum absolute atomic E-state index is 12.7. The highest BCUT2D eigenvalue weighted by Crippen LogP contribution is 2.29. The van der Waals surface area contributed by atoms with Gasteiger partial charge in [0.15, 0.2) is 0 Å². The van der Waals surface area contributed by atoms with Crippen LogP contribution in [0.5, 0.6) is 0 Å². The smallest absolute Gasteiger partial charge is 0.250 e. The fourth-order valence-corrected chi connectivity index (χ4v) is 3.13. The van der Waals surface area contributed by atoms with Gasteiger partial charge < -0.3 is 5.32 Å². The highest BCUT2D eigenvalue weighted by atomic mass is 127. The second kappa shape index (κ2) is 6.11. The number of amides is 2. The minimum atomic E-state index is -0.443. The fraction of sp³-hybridized carbons (Fsp3) is 0.467. The first-order valence-electron chi connectivity index (χ1n) is 6.85. The van der Waals surface area contributed by atoms with E-state index < -0.39 is 12.1 Å². The number of hydrogen-bond acceptors (Lipinski definition) is 2. The summed E-state index contributed by atoms with van der Waals surface area (Å²) in [6.07, 6.45) is 0.605. The summed E-state index contributed by atoms with van der Waals surface area (Å²) < 4.78 is 0.981. The molecule has 1 N–H and O–H groups in total. The first-order valence-corrected chi connectivity index (χ1v) is 7.93. The van der Waals surface area contributed by atoms with Crippen molar-refractivity contribution in [1.82, 2.24) is 5.32 Å². The zero-order valence-corrected chi connectivity index (χ0v) is 14.0. The number of hydrogen-bond donors (Lipinski definition) is 1. The van der Waals surface area contributed by atoms with Gasteiger partial charge in [-0.3, -0.25) is 14.5 Å². The molecule has 1 aromatic rings. The van der Waals surface area contributed by atoms with E-state index in [0.29, 0.717) is 6.42 Å². The second-order valence-electron chi connectivity index (χ2n) is 5.31. The topological polar surface area (TPSA) is 49.4 Å². The van der Waals surface area contributed by atoms with Crippen LogP contribution in [-0.4, -0.2) is 23.9 Å². The average Bonchev–Trinajstić information content (AvgIpc) is 2.41. The molecular weight excluding hydrogens is 367 g/mol. The maximum atomic E-state index is 12.7. The van der Waals surface area contributed by atoms with Gasteiger partial charge in [-0.25, -0.2) is 0 Å². The Morgan fingerprint density at radius 1 is 1.30 bits per heavy atom. The van der Waals surface area contributed by atoms with E-state index in [9.17, 15) is 9.59 Å². The SMILES string of the molecule is CCC1C(=O)NC(C(C)C)C(=O)N1c1ccccc1I. The molecule has 1 fully saturated rings. The summed E-state index contributed by atoms with van der Waals surface area (Å²) in [7, 11) is 0. The lowest BCUT2D eigenvalue weighted by atomic mass is 9.96. The number of halogens is 1. The molecule has 1 aromatic carbocycles. The van der Waals surface area contributed by atoms with E-state index in [1.807, 2.05) is 45.0 Å². The lowest BCUT2D eigenvalue weighted by molar-refractivity contribution is -0.134. The molecule has 20 heavy (non-hydrogen) atoms. The van der Waals surface area contributed by atoms with E-state index in [2.05, 4.69) is 27.9 Å². The Balaban J connectivity index is 2.47. The Labute approximate surface area is 133 Å². The Bertz CT molecular complexity index is 530. The molecule has 0 aromatic heterocycles. The molecule has 4 nitrogen and oxygen atoms in total. The van der Waals surface area contributed by atoms with Crippen molar-refractivity contribution in [2.24, 2.45) is 5.92 Å². The highest BCUT2D eigenvalue weighted by Gasteiger charge is 2.42. The van der Waals surface area contributed by atoms with Gasteiger partial charge in [-0.2, -0.15) is 0 Å². The molecule has 1 aliphatic heterocycles. The Hall–Kier alpha value is -1.11. The summed E-state index contributed by atoms with van der Waals surface area (Å²) in [5.74, 6) is -0.00542. The van der Waals surface area contributed by atoms with Crippen LogP contribution >= 0.6 is 22.6 Å². The minimum absolute atomic E-state index is 0.0180. The number of nitrogens with one attached hydrogen (secondary N) is 1. The number of benzene rings is 1. The lowest BCUT2D eigenvalue weighted by Crippen LogP contribution is -2.65. The molecular formula is C15H19IN2O2. The Morgan fingerprint density at radius 3 is 2.50 bits per heavy atom. The standard InChI is InChI=1S/C15H19IN2O2/c1-4-11-14(19)17-13(9(2)3)15(20)18(11)12-8-6-5-7-10(12)16/h5-9,11,13H,4H2,1-3H3,(H,17,19). The number of piperazine rings is 1. The van der Waals surface area contributed by atoms with Crippen LogP contribution in [0, 0.1) is 9.49 Å². The third-order valence-electron chi connectivity index (χ3n) is 3.58. The number of carbonyl (C=O) groups is 2. The van der Waals surface area contributed by atoms with Crippen LogP contribution < -0.4 is 10.2 Å². The van der Waals surface area contributed by atoms with Crippen molar-refractivity contribution >= 4 is 40.1 Å². The molecule has 108 valence electrons. The minimum Gasteiger partial charge on any atom is -0.342 e. The summed E-state index contributed by atoms with van der Waals surface area (Å²) in [6.45, 7) is 5.82. The molecule has 1 aliphatic rings. The van der Waals surface area contributed by atoms with Crippen LogP contribution in [0.3, 0.4) is 0 Å². The number of anilines is 1. The van der Waals surface area contributed by atoms with E-state index in [1.54, 1.807) is 4.90 Å². The van der Waals surface area contributed by atoms with Crippen LogP contribution in [0.1, 0.15) is 27.2 Å². The second-order valence-corrected chi connectivity index (χ2v) is 6.48. The van der Waals surface area contributed by atoms with Crippen molar-refractivity contribution in [3.63, 3.8) is 0 Å². The molecule has 2 atom stereocenters. The summed E-state index contributed by atoms with van der Waals surface area (Å²) in [4.78, 5) is 26.7. The first-order chi connectivity index (χ1) is 9.47. The van der Waals surface area contributed by atoms with Crippen LogP contribution in [-0.2, 0) is 9.59 Å². The summed E-state index contributed by atoms with van der Waals surface area (Å²) in [5, 5.41) is 2.85. The van der Waals surface area contributed by atoms with Gasteiger partial charge in [-0.15, -0.1) is 0 Å². The third-order valence-corrected chi connectivity index (χ3v) is 4.49. The lowest BCUT2D eigenvalue weighted by Gasteiger charge is -2.40. The molecule has 0 spiro atoms. The van der Waals surface area contributed by atoms with Gasteiger partial charge >= 0.3 is 0 Å². The number of carbonyl (C=O) groups excluding carboxylic acids is 2. The van der Waals surface area contributed by atoms with E-state index >= 15 is 0 Å². The molecule has 1 heterocycles. The molecule has 1 saturated heterocycles. The van der Waals surface area contributed by atoms with Crippen LogP contribution in [0.4, 0.5) is 5.69 Å². The van der Waals surface area contributed by atoms with Gasteiger partial charge in [0, 0.05) is 3.57 Å².